The normalized spacial score (nSPS) is 11.0. The average molecular weight is 387 g/mol. The zero-order valence-corrected chi connectivity index (χ0v) is 15.7. The van der Waals surface area contributed by atoms with E-state index in [0.717, 1.165) is 32.9 Å². The van der Waals surface area contributed by atoms with Crippen molar-refractivity contribution < 1.29 is 4.39 Å². The van der Waals surface area contributed by atoms with Crippen molar-refractivity contribution >= 4 is 15.9 Å². The molecule has 0 spiro atoms. The first-order valence-electron chi connectivity index (χ1n) is 8.01. The van der Waals surface area contributed by atoms with Gasteiger partial charge in [-0.2, -0.15) is 0 Å². The summed E-state index contributed by atoms with van der Waals surface area (Å²) in [6.45, 7) is 6.23. The summed E-state index contributed by atoms with van der Waals surface area (Å²) in [5, 5.41) is 0. The Hall–Kier alpha value is -1.94. The number of aryl methyl sites for hydroxylation is 5. The summed E-state index contributed by atoms with van der Waals surface area (Å²) in [5.41, 5.74) is 5.18. The highest BCUT2D eigenvalue weighted by Gasteiger charge is 2.09. The fraction of sp³-hybridized carbons (Fsp3) is 0.250. The fourth-order valence-corrected chi connectivity index (χ4v) is 3.40. The third-order valence-corrected chi connectivity index (χ3v) is 4.66. The molecule has 0 amide bonds. The maximum Gasteiger partial charge on any atom is 0.137 e. The summed E-state index contributed by atoms with van der Waals surface area (Å²) in [6.07, 6.45) is 1.34. The molecular formula is C20H20BrFN2. The van der Waals surface area contributed by atoms with Gasteiger partial charge in [0.05, 0.1) is 0 Å². The van der Waals surface area contributed by atoms with Gasteiger partial charge in [0, 0.05) is 21.6 Å². The number of halogens is 2. The molecule has 0 unspecified atom stereocenters. The van der Waals surface area contributed by atoms with Gasteiger partial charge in [0.2, 0.25) is 0 Å². The first-order chi connectivity index (χ1) is 11.4. The van der Waals surface area contributed by atoms with Crippen LogP contribution in [0.15, 0.2) is 46.9 Å². The Morgan fingerprint density at radius 3 is 2.38 bits per heavy atom. The summed E-state index contributed by atoms with van der Waals surface area (Å²) in [7, 11) is 0. The van der Waals surface area contributed by atoms with Gasteiger partial charge in [0.25, 0.3) is 0 Å². The number of rotatable bonds is 4. The van der Waals surface area contributed by atoms with Crippen LogP contribution < -0.4 is 0 Å². The van der Waals surface area contributed by atoms with E-state index in [9.17, 15) is 4.39 Å². The number of benzene rings is 1. The van der Waals surface area contributed by atoms with Crippen molar-refractivity contribution in [2.24, 2.45) is 0 Å². The lowest BCUT2D eigenvalue weighted by molar-refractivity contribution is 0.607. The highest BCUT2D eigenvalue weighted by atomic mass is 79.9. The minimum Gasteiger partial charge on any atom is -0.303 e. The minimum absolute atomic E-state index is 0.164. The lowest BCUT2D eigenvalue weighted by Gasteiger charge is -2.12. The second kappa shape index (κ2) is 6.89. The molecule has 4 heteroatoms. The van der Waals surface area contributed by atoms with Crippen LogP contribution in [0.3, 0.4) is 0 Å². The molecule has 0 radical (unpaired) electrons. The van der Waals surface area contributed by atoms with Crippen LogP contribution in [0.5, 0.6) is 0 Å². The van der Waals surface area contributed by atoms with Crippen molar-refractivity contribution in [1.82, 2.24) is 9.55 Å². The Balaban J connectivity index is 1.88. The van der Waals surface area contributed by atoms with Crippen LogP contribution in [-0.2, 0) is 12.8 Å². The molecule has 0 bridgehead atoms. The van der Waals surface area contributed by atoms with Gasteiger partial charge in [0.15, 0.2) is 0 Å². The molecule has 0 N–H and O–H groups in total. The fourth-order valence-electron chi connectivity index (χ4n) is 2.99. The molecule has 3 rings (SSSR count). The minimum atomic E-state index is -0.164. The van der Waals surface area contributed by atoms with Crippen molar-refractivity contribution in [1.29, 1.82) is 0 Å². The van der Waals surface area contributed by atoms with E-state index >= 15 is 0 Å². The van der Waals surface area contributed by atoms with Crippen LogP contribution in [-0.4, -0.2) is 9.55 Å². The Kier molecular flexibility index (Phi) is 4.86. The van der Waals surface area contributed by atoms with Gasteiger partial charge in [-0.1, -0.05) is 15.9 Å². The highest BCUT2D eigenvalue weighted by Crippen LogP contribution is 2.20. The van der Waals surface area contributed by atoms with Crippen LogP contribution in [0.1, 0.15) is 28.2 Å². The molecule has 0 aliphatic heterocycles. The molecule has 2 nitrogen and oxygen atoms in total. The van der Waals surface area contributed by atoms with E-state index in [1.54, 1.807) is 6.07 Å². The van der Waals surface area contributed by atoms with Gasteiger partial charge in [-0.25, -0.2) is 9.37 Å². The van der Waals surface area contributed by atoms with E-state index in [-0.39, 0.29) is 5.82 Å². The second-order valence-corrected chi connectivity index (χ2v) is 7.10. The predicted octanol–water partition coefficient (Wildman–Crippen LogP) is 5.48. The maximum atomic E-state index is 13.9. The van der Waals surface area contributed by atoms with Gasteiger partial charge in [0.1, 0.15) is 11.6 Å². The standard InChI is InChI=1S/C20H20BrFN2/c1-13-10-18(8-6-16-12-17(21)7-9-19(16)22)23-20(11-13)24-14(2)4-5-15(24)3/h4-5,7,9-12H,6,8H2,1-3H3. The van der Waals surface area contributed by atoms with Gasteiger partial charge in [-0.3, -0.25) is 0 Å². The average Bonchev–Trinajstić information content (AvgIpc) is 2.86. The molecule has 0 saturated carbocycles. The topological polar surface area (TPSA) is 17.8 Å². The summed E-state index contributed by atoms with van der Waals surface area (Å²) < 4.78 is 17.0. The molecule has 1 aromatic carbocycles. The lowest BCUT2D eigenvalue weighted by atomic mass is 10.1. The lowest BCUT2D eigenvalue weighted by Crippen LogP contribution is -2.05. The molecule has 2 aromatic heterocycles. The third kappa shape index (κ3) is 3.59. The van der Waals surface area contributed by atoms with Crippen molar-refractivity contribution in [3.8, 4) is 5.82 Å². The van der Waals surface area contributed by atoms with Crippen LogP contribution in [0.25, 0.3) is 5.82 Å². The summed E-state index contributed by atoms with van der Waals surface area (Å²) >= 11 is 3.40. The molecule has 2 heterocycles. The van der Waals surface area contributed by atoms with Crippen LogP contribution in [0.4, 0.5) is 4.39 Å². The van der Waals surface area contributed by atoms with E-state index in [2.05, 4.69) is 65.5 Å². The first kappa shape index (κ1) is 16.9. The summed E-state index contributed by atoms with van der Waals surface area (Å²) in [5.74, 6) is 0.767. The predicted molar refractivity (Wildman–Crippen MR) is 99.3 cm³/mol. The Labute approximate surface area is 150 Å². The number of nitrogens with zero attached hydrogens (tertiary/aromatic N) is 2. The van der Waals surface area contributed by atoms with E-state index in [1.165, 1.54) is 6.07 Å². The van der Waals surface area contributed by atoms with Crippen LogP contribution in [0, 0.1) is 26.6 Å². The molecule has 3 aromatic rings. The van der Waals surface area contributed by atoms with E-state index in [1.807, 2.05) is 6.07 Å². The Morgan fingerprint density at radius 1 is 0.958 bits per heavy atom. The molecule has 0 atom stereocenters. The van der Waals surface area contributed by atoms with Crippen LogP contribution >= 0.6 is 15.9 Å². The van der Waals surface area contributed by atoms with E-state index < -0.39 is 0 Å². The molecule has 0 saturated heterocycles. The summed E-state index contributed by atoms with van der Waals surface area (Å²) in [4.78, 5) is 4.79. The Bertz CT molecular complexity index is 864. The first-order valence-corrected chi connectivity index (χ1v) is 8.80. The quantitative estimate of drug-likeness (QED) is 0.579. The van der Waals surface area contributed by atoms with E-state index in [4.69, 9.17) is 4.98 Å². The van der Waals surface area contributed by atoms with Gasteiger partial charge < -0.3 is 4.57 Å². The van der Waals surface area contributed by atoms with Gasteiger partial charge >= 0.3 is 0 Å². The zero-order chi connectivity index (χ0) is 17.3. The highest BCUT2D eigenvalue weighted by molar-refractivity contribution is 9.10. The van der Waals surface area contributed by atoms with Crippen LogP contribution in [0.2, 0.25) is 0 Å². The maximum absolute atomic E-state index is 13.9. The largest absolute Gasteiger partial charge is 0.303 e. The van der Waals surface area contributed by atoms with E-state index in [0.29, 0.717) is 18.4 Å². The van der Waals surface area contributed by atoms with Gasteiger partial charge in [-0.05, 0) is 87.2 Å². The third-order valence-electron chi connectivity index (χ3n) is 4.17. The second-order valence-electron chi connectivity index (χ2n) is 6.18. The summed E-state index contributed by atoms with van der Waals surface area (Å²) in [6, 6.07) is 13.4. The number of aromatic nitrogens is 2. The van der Waals surface area contributed by atoms with Crippen molar-refractivity contribution in [2.75, 3.05) is 0 Å². The smallest absolute Gasteiger partial charge is 0.137 e. The number of hydrogen-bond donors (Lipinski definition) is 0. The molecule has 124 valence electrons. The monoisotopic (exact) mass is 386 g/mol. The molecular weight excluding hydrogens is 367 g/mol. The molecule has 24 heavy (non-hydrogen) atoms. The van der Waals surface area contributed by atoms with Gasteiger partial charge in [-0.15, -0.1) is 0 Å². The van der Waals surface area contributed by atoms with Crippen molar-refractivity contribution in [3.05, 3.63) is 81.0 Å². The molecule has 0 aliphatic carbocycles. The SMILES string of the molecule is Cc1cc(CCc2cc(Br)ccc2F)nc(-n2c(C)ccc2C)c1. The van der Waals surface area contributed by atoms with Crippen molar-refractivity contribution in [3.63, 3.8) is 0 Å². The molecule has 0 fully saturated rings. The zero-order valence-electron chi connectivity index (χ0n) is 14.1. The number of pyridine rings is 1. The Morgan fingerprint density at radius 2 is 1.67 bits per heavy atom. The van der Waals surface area contributed by atoms with Crippen molar-refractivity contribution in [2.45, 2.75) is 33.6 Å². The molecule has 0 aliphatic rings. The number of hydrogen-bond acceptors (Lipinski definition) is 1.